The summed E-state index contributed by atoms with van der Waals surface area (Å²) >= 11 is 1.69. The van der Waals surface area contributed by atoms with Crippen molar-refractivity contribution in [1.82, 2.24) is 9.55 Å². The van der Waals surface area contributed by atoms with Gasteiger partial charge in [0, 0.05) is 20.0 Å². The summed E-state index contributed by atoms with van der Waals surface area (Å²) in [7, 11) is 0. The van der Waals surface area contributed by atoms with Crippen LogP contribution >= 0.6 is 22.6 Å². The number of hydrogen-bond acceptors (Lipinski definition) is 9. The lowest BCUT2D eigenvalue weighted by Gasteiger charge is -2.24. The molecule has 32 heavy (non-hydrogen) atoms. The minimum atomic E-state index is -3.86. The van der Waals surface area contributed by atoms with Gasteiger partial charge in [0.1, 0.15) is 12.7 Å². The standard InChI is InChI=1S/C18H22F2IN3O8/c1-4-5-6-29-17(28)23-14-11(21)7-24(16(27)22-14)15-18(19,20)13(31-10(3)26)12(32-15)8-30-9(2)25/h7,12-13,15H,4-6,8H2,1-3H3,(H,22,23,27,28)/t12-,13?,15-/m1/s1. The Morgan fingerprint density at radius 3 is 2.56 bits per heavy atom. The highest BCUT2D eigenvalue weighted by Crippen LogP contribution is 2.44. The molecular weight excluding hydrogens is 551 g/mol. The second kappa shape index (κ2) is 11.0. The molecule has 178 valence electrons. The molecule has 1 aliphatic heterocycles. The first-order valence-electron chi connectivity index (χ1n) is 9.53. The fourth-order valence-electron chi connectivity index (χ4n) is 2.77. The zero-order valence-corrected chi connectivity index (χ0v) is 19.6. The maximum atomic E-state index is 15.1. The summed E-state index contributed by atoms with van der Waals surface area (Å²) in [5, 5.41) is 2.28. The van der Waals surface area contributed by atoms with E-state index in [1.165, 1.54) is 0 Å². The molecule has 1 saturated heterocycles. The van der Waals surface area contributed by atoms with Crippen molar-refractivity contribution in [1.29, 1.82) is 0 Å². The number of nitrogens with zero attached hydrogens (tertiary/aromatic N) is 2. The lowest BCUT2D eigenvalue weighted by Crippen LogP contribution is -2.44. The molecule has 1 unspecified atom stereocenters. The van der Waals surface area contributed by atoms with Gasteiger partial charge >= 0.3 is 29.6 Å². The lowest BCUT2D eigenvalue weighted by atomic mass is 10.1. The van der Waals surface area contributed by atoms with Crippen LogP contribution in [0.3, 0.4) is 0 Å². The number of unbranched alkanes of at least 4 members (excludes halogenated alkanes) is 1. The number of carbonyl (C=O) groups excluding carboxylic acids is 3. The van der Waals surface area contributed by atoms with Gasteiger partial charge < -0.3 is 18.9 Å². The maximum absolute atomic E-state index is 15.1. The van der Waals surface area contributed by atoms with Crippen molar-refractivity contribution in [2.75, 3.05) is 18.5 Å². The highest BCUT2D eigenvalue weighted by Gasteiger charge is 2.62. The Bertz CT molecular complexity index is 926. The normalized spacial score (nSPS) is 21.6. The number of halogens is 3. The third-order valence-corrected chi connectivity index (χ3v) is 4.99. The number of amides is 1. The molecule has 3 atom stereocenters. The van der Waals surface area contributed by atoms with Gasteiger partial charge in [-0.2, -0.15) is 13.8 Å². The number of nitrogens with one attached hydrogen (secondary N) is 1. The molecule has 1 aromatic rings. The van der Waals surface area contributed by atoms with E-state index < -0.39 is 54.7 Å². The van der Waals surface area contributed by atoms with Gasteiger partial charge in [-0.15, -0.1) is 0 Å². The van der Waals surface area contributed by atoms with E-state index in [9.17, 15) is 19.2 Å². The molecule has 0 bridgehead atoms. The highest BCUT2D eigenvalue weighted by atomic mass is 127. The van der Waals surface area contributed by atoms with Gasteiger partial charge in [0.15, 0.2) is 11.9 Å². The maximum Gasteiger partial charge on any atom is 0.412 e. The molecule has 0 saturated carbocycles. The Morgan fingerprint density at radius 1 is 1.28 bits per heavy atom. The van der Waals surface area contributed by atoms with E-state index in [4.69, 9.17) is 18.9 Å². The van der Waals surface area contributed by atoms with E-state index in [1.54, 1.807) is 22.6 Å². The largest absolute Gasteiger partial charge is 0.463 e. The molecule has 1 aliphatic rings. The number of aromatic nitrogens is 2. The highest BCUT2D eigenvalue weighted by molar-refractivity contribution is 14.1. The molecule has 1 amide bonds. The third-order valence-electron chi connectivity index (χ3n) is 4.20. The van der Waals surface area contributed by atoms with Crippen molar-refractivity contribution in [3.05, 3.63) is 20.3 Å². The van der Waals surface area contributed by atoms with Gasteiger partial charge in [-0.05, 0) is 29.0 Å². The van der Waals surface area contributed by atoms with E-state index in [1.807, 2.05) is 6.92 Å². The SMILES string of the molecule is CCCCOC(=O)Nc1nc(=O)n([C@@H]2O[C@H](COC(C)=O)C(OC(C)=O)C2(F)F)cc1I. The van der Waals surface area contributed by atoms with Crippen LogP contribution < -0.4 is 11.0 Å². The molecule has 2 heterocycles. The van der Waals surface area contributed by atoms with E-state index in [2.05, 4.69) is 10.3 Å². The van der Waals surface area contributed by atoms with Gasteiger partial charge in [-0.3, -0.25) is 19.5 Å². The number of carbonyl (C=O) groups is 3. The number of esters is 2. The average Bonchev–Trinajstić information content (AvgIpc) is 2.93. The first kappa shape index (κ1) is 25.9. The number of anilines is 1. The van der Waals surface area contributed by atoms with E-state index >= 15 is 8.78 Å². The average molecular weight is 573 g/mol. The molecule has 11 nitrogen and oxygen atoms in total. The monoisotopic (exact) mass is 573 g/mol. The van der Waals surface area contributed by atoms with Crippen molar-refractivity contribution < 1.29 is 42.1 Å². The number of rotatable bonds is 8. The summed E-state index contributed by atoms with van der Waals surface area (Å²) < 4.78 is 50.4. The first-order valence-corrected chi connectivity index (χ1v) is 10.6. The number of hydrogen-bond donors (Lipinski definition) is 1. The summed E-state index contributed by atoms with van der Waals surface area (Å²) in [5.41, 5.74) is -1.16. The second-order valence-electron chi connectivity index (χ2n) is 6.78. The molecular formula is C18H22F2IN3O8. The van der Waals surface area contributed by atoms with Crippen LogP contribution in [0.4, 0.5) is 19.4 Å². The molecule has 1 N–H and O–H groups in total. The minimum absolute atomic E-state index is 0.140. The summed E-state index contributed by atoms with van der Waals surface area (Å²) in [6, 6.07) is 0. The molecule has 0 aliphatic carbocycles. The van der Waals surface area contributed by atoms with Crippen LogP contribution in [0.2, 0.25) is 0 Å². The Kier molecular flexibility index (Phi) is 8.89. The van der Waals surface area contributed by atoms with Crippen LogP contribution in [-0.2, 0) is 28.5 Å². The smallest absolute Gasteiger partial charge is 0.412 e. The quantitative estimate of drug-likeness (QED) is 0.215. The van der Waals surface area contributed by atoms with Gasteiger partial charge in [-0.1, -0.05) is 13.3 Å². The van der Waals surface area contributed by atoms with Crippen LogP contribution in [0.5, 0.6) is 0 Å². The van der Waals surface area contributed by atoms with Crippen LogP contribution in [0, 0.1) is 3.57 Å². The van der Waals surface area contributed by atoms with Gasteiger partial charge in [0.25, 0.3) is 0 Å². The number of alkyl halides is 2. The molecule has 0 radical (unpaired) electrons. The second-order valence-corrected chi connectivity index (χ2v) is 7.94. The summed E-state index contributed by atoms with van der Waals surface area (Å²) in [6.45, 7) is 3.46. The molecule has 2 rings (SSSR count). The molecule has 1 fully saturated rings. The van der Waals surface area contributed by atoms with Crippen molar-refractivity contribution >= 4 is 46.4 Å². The Morgan fingerprint density at radius 2 is 1.97 bits per heavy atom. The zero-order valence-electron chi connectivity index (χ0n) is 17.4. The minimum Gasteiger partial charge on any atom is -0.463 e. The first-order chi connectivity index (χ1) is 15.0. The zero-order chi connectivity index (χ0) is 24.1. The molecule has 1 aromatic heterocycles. The topological polar surface area (TPSA) is 135 Å². The van der Waals surface area contributed by atoms with E-state index in [0.717, 1.165) is 26.5 Å². The predicted octanol–water partition coefficient (Wildman–Crippen LogP) is 2.22. The molecule has 0 aromatic carbocycles. The summed E-state index contributed by atoms with van der Waals surface area (Å²) in [5.74, 6) is -5.80. The Hall–Kier alpha value is -2.36. The van der Waals surface area contributed by atoms with E-state index in [-0.39, 0.29) is 16.0 Å². The van der Waals surface area contributed by atoms with Crippen LogP contribution in [0.1, 0.15) is 39.8 Å². The molecule has 14 heteroatoms. The van der Waals surface area contributed by atoms with Crippen molar-refractivity contribution in [3.63, 3.8) is 0 Å². The predicted molar refractivity (Wildman–Crippen MR) is 112 cm³/mol. The summed E-state index contributed by atoms with van der Waals surface area (Å²) in [6.07, 6.45) is -4.23. The Labute approximate surface area is 194 Å². The van der Waals surface area contributed by atoms with Gasteiger partial charge in [-0.25, -0.2) is 9.59 Å². The van der Waals surface area contributed by atoms with Crippen molar-refractivity contribution in [2.24, 2.45) is 0 Å². The fourth-order valence-corrected chi connectivity index (χ4v) is 3.32. The fraction of sp³-hybridized carbons (Fsp3) is 0.611. The van der Waals surface area contributed by atoms with Crippen LogP contribution in [-0.4, -0.2) is 58.9 Å². The molecule has 0 spiro atoms. The van der Waals surface area contributed by atoms with Crippen LogP contribution in [0.25, 0.3) is 0 Å². The van der Waals surface area contributed by atoms with Crippen LogP contribution in [0.15, 0.2) is 11.0 Å². The van der Waals surface area contributed by atoms with Gasteiger partial charge in [0.2, 0.25) is 6.23 Å². The summed E-state index contributed by atoms with van der Waals surface area (Å²) in [4.78, 5) is 50.3. The van der Waals surface area contributed by atoms with Crippen molar-refractivity contribution in [3.8, 4) is 0 Å². The lowest BCUT2D eigenvalue weighted by molar-refractivity contribution is -0.174. The van der Waals surface area contributed by atoms with Gasteiger partial charge in [0.05, 0.1) is 10.2 Å². The van der Waals surface area contributed by atoms with E-state index in [0.29, 0.717) is 11.0 Å². The third kappa shape index (κ3) is 6.34. The number of ether oxygens (including phenoxy) is 4. The van der Waals surface area contributed by atoms with Crippen molar-refractivity contribution in [2.45, 2.75) is 58.0 Å². The Balaban J connectivity index is 2.29.